The van der Waals surface area contributed by atoms with Crippen LogP contribution in [0.5, 0.6) is 5.75 Å². The number of halogens is 1. The molecule has 0 aliphatic carbocycles. The van der Waals surface area contributed by atoms with Gasteiger partial charge in [0, 0.05) is 5.56 Å². The van der Waals surface area contributed by atoms with Gasteiger partial charge in [0.1, 0.15) is 12.4 Å². The third kappa shape index (κ3) is 5.52. The first kappa shape index (κ1) is 22.8. The van der Waals surface area contributed by atoms with Crippen LogP contribution in [0.25, 0.3) is 0 Å². The molecule has 4 rings (SSSR count). The molecule has 1 aromatic heterocycles. The molecule has 0 unspecified atom stereocenters. The number of carbonyl (C=O) groups is 1. The fourth-order valence-corrected chi connectivity index (χ4v) is 4.13. The zero-order valence-corrected chi connectivity index (χ0v) is 20.5. The van der Waals surface area contributed by atoms with Crippen molar-refractivity contribution in [1.29, 1.82) is 0 Å². The SMILES string of the molecule is Cc1cccc(Cn2nc(C)c(NC(=O)c3cccc(COc4ccccc4Br)c3)c2C)c1. The largest absolute Gasteiger partial charge is 0.488 e. The first-order valence-corrected chi connectivity index (χ1v) is 11.6. The lowest BCUT2D eigenvalue weighted by Gasteiger charge is -2.10. The highest BCUT2D eigenvalue weighted by molar-refractivity contribution is 9.10. The summed E-state index contributed by atoms with van der Waals surface area (Å²) < 4.78 is 8.72. The van der Waals surface area contributed by atoms with Gasteiger partial charge in [-0.3, -0.25) is 9.48 Å². The first-order valence-electron chi connectivity index (χ1n) is 10.8. The molecule has 0 saturated heterocycles. The van der Waals surface area contributed by atoms with Gasteiger partial charge in [-0.2, -0.15) is 5.10 Å². The minimum Gasteiger partial charge on any atom is -0.488 e. The van der Waals surface area contributed by atoms with Gasteiger partial charge in [0.15, 0.2) is 0 Å². The normalized spacial score (nSPS) is 10.8. The summed E-state index contributed by atoms with van der Waals surface area (Å²) in [5.74, 6) is 0.596. The molecule has 0 atom stereocenters. The lowest BCUT2D eigenvalue weighted by Crippen LogP contribution is -2.14. The van der Waals surface area contributed by atoms with Crippen molar-refractivity contribution in [2.75, 3.05) is 5.32 Å². The standard InChI is InChI=1S/C27H26BrN3O2/c1-18-8-6-9-21(14-18)16-31-20(3)26(19(2)30-31)29-27(32)23-11-7-10-22(15-23)17-33-25-13-5-4-12-24(25)28/h4-15H,16-17H2,1-3H3,(H,29,32). The van der Waals surface area contributed by atoms with Crippen molar-refractivity contribution in [1.82, 2.24) is 9.78 Å². The number of aryl methyl sites for hydroxylation is 2. The van der Waals surface area contributed by atoms with E-state index in [1.54, 1.807) is 6.07 Å². The zero-order valence-electron chi connectivity index (χ0n) is 18.9. The van der Waals surface area contributed by atoms with Crippen LogP contribution in [0.1, 0.15) is 38.4 Å². The fourth-order valence-electron chi connectivity index (χ4n) is 3.73. The van der Waals surface area contributed by atoms with Gasteiger partial charge in [-0.05, 0) is 72.1 Å². The van der Waals surface area contributed by atoms with E-state index in [0.717, 1.165) is 32.9 Å². The Labute approximate surface area is 202 Å². The number of hydrogen-bond donors (Lipinski definition) is 1. The Morgan fingerprint density at radius 2 is 1.73 bits per heavy atom. The van der Waals surface area contributed by atoms with Gasteiger partial charge < -0.3 is 10.1 Å². The molecule has 0 aliphatic rings. The zero-order chi connectivity index (χ0) is 23.4. The quantitative estimate of drug-likeness (QED) is 0.315. The molecule has 0 saturated carbocycles. The van der Waals surface area contributed by atoms with Crippen LogP contribution < -0.4 is 10.1 Å². The van der Waals surface area contributed by atoms with Crippen molar-refractivity contribution < 1.29 is 9.53 Å². The molecule has 0 fully saturated rings. The summed E-state index contributed by atoms with van der Waals surface area (Å²) in [5, 5.41) is 7.70. The molecular weight excluding hydrogens is 478 g/mol. The summed E-state index contributed by atoms with van der Waals surface area (Å²) in [6, 6.07) is 23.5. The number of ether oxygens (including phenoxy) is 1. The monoisotopic (exact) mass is 503 g/mol. The fraction of sp³-hybridized carbons (Fsp3) is 0.185. The van der Waals surface area contributed by atoms with Gasteiger partial charge in [0.05, 0.1) is 28.1 Å². The molecule has 168 valence electrons. The minimum absolute atomic E-state index is 0.168. The smallest absolute Gasteiger partial charge is 0.255 e. The Balaban J connectivity index is 1.46. The van der Waals surface area contributed by atoms with Crippen molar-refractivity contribution in [3.05, 3.63) is 111 Å². The van der Waals surface area contributed by atoms with Crippen LogP contribution in [0.2, 0.25) is 0 Å². The van der Waals surface area contributed by atoms with Gasteiger partial charge in [-0.1, -0.05) is 54.1 Å². The lowest BCUT2D eigenvalue weighted by molar-refractivity contribution is 0.102. The minimum atomic E-state index is -0.168. The van der Waals surface area contributed by atoms with Gasteiger partial charge in [-0.25, -0.2) is 0 Å². The van der Waals surface area contributed by atoms with Crippen LogP contribution in [-0.2, 0) is 13.2 Å². The van der Waals surface area contributed by atoms with Crippen LogP contribution >= 0.6 is 15.9 Å². The molecule has 1 amide bonds. The molecule has 1 N–H and O–H groups in total. The Morgan fingerprint density at radius 3 is 2.52 bits per heavy atom. The predicted molar refractivity (Wildman–Crippen MR) is 135 cm³/mol. The van der Waals surface area contributed by atoms with E-state index < -0.39 is 0 Å². The van der Waals surface area contributed by atoms with E-state index in [0.29, 0.717) is 18.7 Å². The maximum Gasteiger partial charge on any atom is 0.255 e. The topological polar surface area (TPSA) is 56.2 Å². The van der Waals surface area contributed by atoms with Crippen molar-refractivity contribution in [2.24, 2.45) is 0 Å². The number of carbonyl (C=O) groups excluding carboxylic acids is 1. The molecule has 0 spiro atoms. The third-order valence-corrected chi connectivity index (χ3v) is 6.11. The van der Waals surface area contributed by atoms with Gasteiger partial charge >= 0.3 is 0 Å². The number of nitrogens with zero attached hydrogens (tertiary/aromatic N) is 2. The van der Waals surface area contributed by atoms with Gasteiger partial charge in [0.2, 0.25) is 0 Å². The molecule has 0 bridgehead atoms. The molecule has 3 aromatic carbocycles. The second kappa shape index (κ2) is 10.0. The van der Waals surface area contributed by atoms with Crippen molar-refractivity contribution in [3.63, 3.8) is 0 Å². The second-order valence-electron chi connectivity index (χ2n) is 8.07. The summed E-state index contributed by atoms with van der Waals surface area (Å²) in [6.45, 7) is 7.00. The second-order valence-corrected chi connectivity index (χ2v) is 8.92. The number of para-hydroxylation sites is 1. The van der Waals surface area contributed by atoms with E-state index in [9.17, 15) is 4.79 Å². The van der Waals surface area contributed by atoms with E-state index >= 15 is 0 Å². The van der Waals surface area contributed by atoms with E-state index in [-0.39, 0.29) is 5.91 Å². The highest BCUT2D eigenvalue weighted by atomic mass is 79.9. The number of aromatic nitrogens is 2. The number of benzene rings is 3. The summed E-state index contributed by atoms with van der Waals surface area (Å²) >= 11 is 3.49. The van der Waals surface area contributed by atoms with E-state index in [4.69, 9.17) is 4.74 Å². The molecular formula is C27H26BrN3O2. The van der Waals surface area contributed by atoms with Crippen LogP contribution in [0, 0.1) is 20.8 Å². The van der Waals surface area contributed by atoms with Crippen molar-refractivity contribution in [2.45, 2.75) is 33.9 Å². The predicted octanol–water partition coefficient (Wildman–Crippen LogP) is 6.45. The third-order valence-electron chi connectivity index (χ3n) is 5.46. The van der Waals surface area contributed by atoms with E-state index in [1.165, 1.54) is 11.1 Å². The Bertz CT molecular complexity index is 1300. The van der Waals surface area contributed by atoms with Crippen LogP contribution in [0.3, 0.4) is 0 Å². The van der Waals surface area contributed by atoms with Crippen molar-refractivity contribution in [3.8, 4) is 5.75 Å². The van der Waals surface area contributed by atoms with E-state index in [2.05, 4.69) is 51.5 Å². The average molecular weight is 504 g/mol. The number of amides is 1. The molecule has 1 heterocycles. The maximum atomic E-state index is 13.0. The molecule has 4 aromatic rings. The average Bonchev–Trinajstić information content (AvgIpc) is 3.06. The summed E-state index contributed by atoms with van der Waals surface area (Å²) in [5.41, 5.74) is 6.36. The van der Waals surface area contributed by atoms with Crippen LogP contribution in [-0.4, -0.2) is 15.7 Å². The summed E-state index contributed by atoms with van der Waals surface area (Å²) in [6.07, 6.45) is 0. The molecule has 0 aliphatic heterocycles. The number of nitrogens with one attached hydrogen (secondary N) is 1. The molecule has 6 heteroatoms. The Morgan fingerprint density at radius 1 is 0.970 bits per heavy atom. The van der Waals surface area contributed by atoms with Crippen molar-refractivity contribution >= 4 is 27.5 Å². The molecule has 5 nitrogen and oxygen atoms in total. The van der Waals surface area contributed by atoms with Gasteiger partial charge in [-0.15, -0.1) is 0 Å². The Kier molecular flexibility index (Phi) is 6.94. The van der Waals surface area contributed by atoms with Gasteiger partial charge in [0.25, 0.3) is 5.91 Å². The summed E-state index contributed by atoms with van der Waals surface area (Å²) in [4.78, 5) is 13.0. The number of anilines is 1. The highest BCUT2D eigenvalue weighted by Crippen LogP contribution is 2.25. The number of rotatable bonds is 7. The Hall–Kier alpha value is -3.38. The molecule has 33 heavy (non-hydrogen) atoms. The first-order chi connectivity index (χ1) is 15.9. The van der Waals surface area contributed by atoms with Crippen LogP contribution in [0.15, 0.2) is 77.3 Å². The molecule has 0 radical (unpaired) electrons. The summed E-state index contributed by atoms with van der Waals surface area (Å²) in [7, 11) is 0. The highest BCUT2D eigenvalue weighted by Gasteiger charge is 2.16. The number of hydrogen-bond acceptors (Lipinski definition) is 3. The van der Waals surface area contributed by atoms with Crippen LogP contribution in [0.4, 0.5) is 5.69 Å². The lowest BCUT2D eigenvalue weighted by atomic mass is 10.1. The van der Waals surface area contributed by atoms with E-state index in [1.807, 2.05) is 67.1 Å². The maximum absolute atomic E-state index is 13.0.